The monoisotopic (exact) mass is 317 g/mol. The number of nitrogens with zero attached hydrogens (tertiary/aromatic N) is 2. The molecule has 0 fully saturated rings. The molecule has 6 nitrogen and oxygen atoms in total. The van der Waals surface area contributed by atoms with Crippen molar-refractivity contribution in [1.29, 1.82) is 0 Å². The van der Waals surface area contributed by atoms with Crippen LogP contribution in [0.3, 0.4) is 0 Å². The third kappa shape index (κ3) is 2.80. The van der Waals surface area contributed by atoms with Crippen molar-refractivity contribution in [2.45, 2.75) is 6.42 Å². The second kappa shape index (κ2) is 5.42. The lowest BCUT2D eigenvalue weighted by molar-refractivity contribution is 0.102. The van der Waals surface area contributed by atoms with Crippen LogP contribution < -0.4 is 9.62 Å². The molecule has 0 spiro atoms. The number of fused-ring (bicyclic) bond motifs is 1. The van der Waals surface area contributed by atoms with Crippen molar-refractivity contribution in [3.63, 3.8) is 0 Å². The summed E-state index contributed by atoms with van der Waals surface area (Å²) in [6.45, 7) is 0.420. The second-order valence-electron chi connectivity index (χ2n) is 5.12. The van der Waals surface area contributed by atoms with E-state index in [9.17, 15) is 13.2 Å². The van der Waals surface area contributed by atoms with Crippen LogP contribution in [0, 0.1) is 0 Å². The molecule has 2 heterocycles. The Bertz CT molecular complexity index is 819. The molecule has 2 aromatic rings. The van der Waals surface area contributed by atoms with Crippen LogP contribution in [0.15, 0.2) is 42.7 Å². The fraction of sp³-hybridized carbons (Fsp3) is 0.200. The van der Waals surface area contributed by atoms with Gasteiger partial charge in [-0.25, -0.2) is 8.42 Å². The standard InChI is InChI=1S/C15H15N3O3S/c1-22(20,21)18-9-6-11-10-12(2-3-14(11)18)15(19)17-13-4-7-16-8-5-13/h2-5,7-8,10H,6,9H2,1H3,(H,16,17,19). The smallest absolute Gasteiger partial charge is 0.255 e. The molecule has 0 unspecified atom stereocenters. The van der Waals surface area contributed by atoms with E-state index < -0.39 is 10.0 Å². The summed E-state index contributed by atoms with van der Waals surface area (Å²) in [6.07, 6.45) is 5.00. The number of sulfonamides is 1. The fourth-order valence-electron chi connectivity index (χ4n) is 2.50. The van der Waals surface area contributed by atoms with Crippen molar-refractivity contribution in [1.82, 2.24) is 4.98 Å². The number of amides is 1. The van der Waals surface area contributed by atoms with Crippen molar-refractivity contribution in [2.75, 3.05) is 22.4 Å². The third-order valence-electron chi connectivity index (χ3n) is 3.53. The lowest BCUT2D eigenvalue weighted by atomic mass is 10.1. The van der Waals surface area contributed by atoms with Gasteiger partial charge in [-0.3, -0.25) is 14.1 Å². The van der Waals surface area contributed by atoms with Crippen LogP contribution in [-0.4, -0.2) is 32.1 Å². The maximum atomic E-state index is 12.2. The highest BCUT2D eigenvalue weighted by molar-refractivity contribution is 7.92. The van der Waals surface area contributed by atoms with Gasteiger partial charge in [0.25, 0.3) is 5.91 Å². The zero-order valence-electron chi connectivity index (χ0n) is 12.0. The molecule has 1 aromatic carbocycles. The fourth-order valence-corrected chi connectivity index (χ4v) is 3.45. The first-order chi connectivity index (χ1) is 10.4. The van der Waals surface area contributed by atoms with E-state index in [0.29, 0.717) is 29.9 Å². The lowest BCUT2D eigenvalue weighted by Gasteiger charge is -2.16. The van der Waals surface area contributed by atoms with Gasteiger partial charge in [-0.15, -0.1) is 0 Å². The van der Waals surface area contributed by atoms with Crippen molar-refractivity contribution < 1.29 is 13.2 Å². The number of hydrogen-bond donors (Lipinski definition) is 1. The first-order valence-corrected chi connectivity index (χ1v) is 8.62. The number of pyridine rings is 1. The Balaban J connectivity index is 1.85. The van der Waals surface area contributed by atoms with E-state index in [4.69, 9.17) is 0 Å². The van der Waals surface area contributed by atoms with Crippen molar-refractivity contribution in [2.24, 2.45) is 0 Å². The first kappa shape index (κ1) is 14.5. The van der Waals surface area contributed by atoms with Crippen LogP contribution in [0.5, 0.6) is 0 Å². The summed E-state index contributed by atoms with van der Waals surface area (Å²) < 4.78 is 24.8. The largest absolute Gasteiger partial charge is 0.322 e. The van der Waals surface area contributed by atoms with Crippen molar-refractivity contribution in [3.8, 4) is 0 Å². The van der Waals surface area contributed by atoms with E-state index in [2.05, 4.69) is 10.3 Å². The van der Waals surface area contributed by atoms with Crippen LogP contribution in [0.25, 0.3) is 0 Å². The van der Waals surface area contributed by atoms with Crippen molar-refractivity contribution in [3.05, 3.63) is 53.9 Å². The molecule has 1 N–H and O–H groups in total. The highest BCUT2D eigenvalue weighted by atomic mass is 32.2. The minimum absolute atomic E-state index is 0.230. The predicted octanol–water partition coefficient (Wildman–Crippen LogP) is 1.66. The van der Waals surface area contributed by atoms with Gasteiger partial charge in [-0.2, -0.15) is 0 Å². The number of aromatic nitrogens is 1. The average molecular weight is 317 g/mol. The summed E-state index contributed by atoms with van der Waals surface area (Å²) in [5, 5.41) is 2.78. The molecular weight excluding hydrogens is 302 g/mol. The lowest BCUT2D eigenvalue weighted by Crippen LogP contribution is -2.27. The van der Waals surface area contributed by atoms with Crippen LogP contribution in [0.4, 0.5) is 11.4 Å². The van der Waals surface area contributed by atoms with Crippen LogP contribution in [0.1, 0.15) is 15.9 Å². The summed E-state index contributed by atoms with van der Waals surface area (Å²) in [5.41, 5.74) is 2.69. The van der Waals surface area contributed by atoms with Gasteiger partial charge in [0.05, 0.1) is 11.9 Å². The van der Waals surface area contributed by atoms with Gasteiger partial charge < -0.3 is 5.32 Å². The molecule has 114 valence electrons. The molecule has 1 amide bonds. The first-order valence-electron chi connectivity index (χ1n) is 6.77. The number of rotatable bonds is 3. The highest BCUT2D eigenvalue weighted by Gasteiger charge is 2.26. The Hall–Kier alpha value is -2.41. The van der Waals surface area contributed by atoms with Crippen molar-refractivity contribution >= 4 is 27.3 Å². The maximum absolute atomic E-state index is 12.2. The molecule has 0 radical (unpaired) electrons. The molecule has 22 heavy (non-hydrogen) atoms. The topological polar surface area (TPSA) is 79.4 Å². The molecule has 0 saturated carbocycles. The molecule has 0 aliphatic carbocycles. The Labute approximate surface area is 128 Å². The summed E-state index contributed by atoms with van der Waals surface area (Å²) in [7, 11) is -3.27. The third-order valence-corrected chi connectivity index (χ3v) is 4.71. The summed E-state index contributed by atoms with van der Waals surface area (Å²) >= 11 is 0. The molecule has 0 bridgehead atoms. The molecule has 0 atom stereocenters. The Morgan fingerprint density at radius 1 is 1.23 bits per heavy atom. The van der Waals surface area contributed by atoms with Gasteiger partial charge >= 0.3 is 0 Å². The predicted molar refractivity (Wildman–Crippen MR) is 84.5 cm³/mol. The van der Waals surface area contributed by atoms with E-state index in [-0.39, 0.29) is 5.91 Å². The number of anilines is 2. The summed E-state index contributed by atoms with van der Waals surface area (Å²) in [4.78, 5) is 16.1. The van der Waals surface area contributed by atoms with Gasteiger partial charge in [-0.05, 0) is 42.3 Å². The highest BCUT2D eigenvalue weighted by Crippen LogP contribution is 2.30. The average Bonchev–Trinajstić information content (AvgIpc) is 2.91. The van der Waals surface area contributed by atoms with Gasteiger partial charge in [0.1, 0.15) is 0 Å². The van der Waals surface area contributed by atoms with E-state index in [1.165, 1.54) is 10.6 Å². The number of carbonyl (C=O) groups excluding carboxylic acids is 1. The molecule has 0 saturated heterocycles. The summed E-state index contributed by atoms with van der Waals surface area (Å²) in [6, 6.07) is 8.48. The van der Waals surface area contributed by atoms with Gasteiger partial charge in [0, 0.05) is 30.2 Å². The van der Waals surface area contributed by atoms with Gasteiger partial charge in [0.15, 0.2) is 0 Å². The number of carbonyl (C=O) groups is 1. The van der Waals surface area contributed by atoms with Gasteiger partial charge in [0.2, 0.25) is 10.0 Å². The maximum Gasteiger partial charge on any atom is 0.255 e. The van der Waals surface area contributed by atoms with E-state index in [0.717, 1.165) is 5.56 Å². The molecule has 3 rings (SSSR count). The second-order valence-corrected chi connectivity index (χ2v) is 7.03. The minimum Gasteiger partial charge on any atom is -0.322 e. The van der Waals surface area contributed by atoms with Gasteiger partial charge in [-0.1, -0.05) is 0 Å². The van der Waals surface area contributed by atoms with E-state index in [1.807, 2.05) is 0 Å². The quantitative estimate of drug-likeness (QED) is 0.933. The molecule has 1 aromatic heterocycles. The number of benzene rings is 1. The zero-order valence-corrected chi connectivity index (χ0v) is 12.8. The number of nitrogens with one attached hydrogen (secondary N) is 1. The molecule has 7 heteroatoms. The summed E-state index contributed by atoms with van der Waals surface area (Å²) in [5.74, 6) is -0.230. The Kier molecular flexibility index (Phi) is 3.58. The normalized spacial score (nSPS) is 13.8. The Morgan fingerprint density at radius 2 is 1.95 bits per heavy atom. The number of hydrogen-bond acceptors (Lipinski definition) is 4. The zero-order chi connectivity index (χ0) is 15.7. The molecule has 1 aliphatic rings. The molecular formula is C15H15N3O3S. The SMILES string of the molecule is CS(=O)(=O)N1CCc2cc(C(=O)Nc3ccncc3)ccc21. The van der Waals surface area contributed by atoms with E-state index >= 15 is 0 Å². The van der Waals surface area contributed by atoms with Crippen LogP contribution in [-0.2, 0) is 16.4 Å². The Morgan fingerprint density at radius 3 is 2.64 bits per heavy atom. The van der Waals surface area contributed by atoms with Crippen LogP contribution in [0.2, 0.25) is 0 Å². The van der Waals surface area contributed by atoms with E-state index in [1.54, 1.807) is 42.7 Å². The van der Waals surface area contributed by atoms with Crippen LogP contribution >= 0.6 is 0 Å². The molecule has 1 aliphatic heterocycles. The minimum atomic E-state index is -3.27.